The van der Waals surface area contributed by atoms with Crippen LogP contribution in [0.1, 0.15) is 25.0 Å². The van der Waals surface area contributed by atoms with Gasteiger partial charge in [0.25, 0.3) is 0 Å². The lowest BCUT2D eigenvalue weighted by atomic mass is 10.0. The van der Waals surface area contributed by atoms with E-state index in [-0.39, 0.29) is 13.0 Å². The van der Waals surface area contributed by atoms with Gasteiger partial charge in [0, 0.05) is 0 Å². The van der Waals surface area contributed by atoms with Gasteiger partial charge < -0.3 is 29.4 Å². The van der Waals surface area contributed by atoms with E-state index in [0.717, 1.165) is 11.1 Å². The molecule has 1 amide bonds. The fraction of sp³-hybridized carbons (Fsp3) is 0.391. The van der Waals surface area contributed by atoms with Crippen LogP contribution in [0.15, 0.2) is 48.5 Å². The van der Waals surface area contributed by atoms with Gasteiger partial charge in [0.15, 0.2) is 17.6 Å². The first-order valence-electron chi connectivity index (χ1n) is 10.1. The van der Waals surface area contributed by atoms with Crippen LogP contribution in [0.25, 0.3) is 0 Å². The van der Waals surface area contributed by atoms with E-state index in [1.54, 1.807) is 18.2 Å². The molecule has 0 saturated heterocycles. The fourth-order valence-electron chi connectivity index (χ4n) is 2.92. The largest absolute Gasteiger partial charge is 0.490 e. The molecule has 2 rings (SSSR count). The van der Waals surface area contributed by atoms with Crippen LogP contribution in [0, 0.1) is 0 Å². The predicted octanol–water partition coefficient (Wildman–Crippen LogP) is 2.86. The average Bonchev–Trinajstić information content (AvgIpc) is 2.79. The summed E-state index contributed by atoms with van der Waals surface area (Å²) in [5.41, 5.74) is 1.54. The molecule has 2 aromatic rings. The summed E-state index contributed by atoms with van der Waals surface area (Å²) in [4.78, 5) is 24.2. The highest BCUT2D eigenvalue weighted by atomic mass is 16.6. The van der Waals surface area contributed by atoms with Crippen molar-refractivity contribution in [3.8, 4) is 11.5 Å². The molecule has 0 aliphatic rings. The Hall–Kier alpha value is -3.26. The zero-order chi connectivity index (χ0) is 22.6. The Morgan fingerprint density at radius 1 is 0.968 bits per heavy atom. The summed E-state index contributed by atoms with van der Waals surface area (Å²) in [6, 6.07) is 13.5. The van der Waals surface area contributed by atoms with Gasteiger partial charge in [-0.1, -0.05) is 36.4 Å². The van der Waals surface area contributed by atoms with Crippen molar-refractivity contribution in [2.75, 3.05) is 20.3 Å². The third-order valence-corrected chi connectivity index (χ3v) is 4.40. The molecule has 0 aliphatic carbocycles. The molecule has 8 heteroatoms. The van der Waals surface area contributed by atoms with Crippen LogP contribution in [0.3, 0.4) is 0 Å². The summed E-state index contributed by atoms with van der Waals surface area (Å²) in [5, 5.41) is 12.9. The minimum absolute atomic E-state index is 0.0608. The van der Waals surface area contributed by atoms with Crippen LogP contribution < -0.4 is 14.8 Å². The Kier molecular flexibility index (Phi) is 9.64. The molecular weight excluding hydrogens is 402 g/mol. The number of carbonyl (C=O) groups excluding carboxylic acids is 2. The second-order valence-electron chi connectivity index (χ2n) is 6.63. The van der Waals surface area contributed by atoms with E-state index >= 15 is 0 Å². The first kappa shape index (κ1) is 24.0. The van der Waals surface area contributed by atoms with Gasteiger partial charge in [0.05, 0.1) is 26.4 Å². The van der Waals surface area contributed by atoms with Crippen molar-refractivity contribution in [2.45, 2.75) is 39.0 Å². The van der Waals surface area contributed by atoms with Gasteiger partial charge in [0.2, 0.25) is 0 Å². The SMILES string of the molecule is CCOc1ccc(CC(NC(=O)OCc2ccccc2)C(O)C(=O)OC)cc1OCC. The number of alkyl carbamates (subject to hydrolysis) is 1. The van der Waals surface area contributed by atoms with E-state index < -0.39 is 24.2 Å². The minimum Gasteiger partial charge on any atom is -0.490 e. The maximum atomic E-state index is 12.3. The Bertz CT molecular complexity index is 841. The summed E-state index contributed by atoms with van der Waals surface area (Å²) in [6.45, 7) is 4.72. The van der Waals surface area contributed by atoms with Crippen molar-refractivity contribution in [1.29, 1.82) is 0 Å². The number of rotatable bonds is 11. The number of methoxy groups -OCH3 is 1. The summed E-state index contributed by atoms with van der Waals surface area (Å²) >= 11 is 0. The topological polar surface area (TPSA) is 103 Å². The van der Waals surface area contributed by atoms with E-state index in [0.29, 0.717) is 24.7 Å². The summed E-state index contributed by atoms with van der Waals surface area (Å²) in [7, 11) is 1.17. The number of amides is 1. The molecule has 168 valence electrons. The van der Waals surface area contributed by atoms with Gasteiger partial charge in [-0.15, -0.1) is 0 Å². The number of nitrogens with one attached hydrogen (secondary N) is 1. The van der Waals surface area contributed by atoms with Crippen LogP contribution in [0.4, 0.5) is 4.79 Å². The molecule has 0 fully saturated rings. The standard InChI is InChI=1S/C23H29NO7/c1-4-29-19-12-11-17(14-20(19)30-5-2)13-18(21(25)22(26)28-3)24-23(27)31-15-16-9-7-6-8-10-16/h6-12,14,18,21,25H,4-5,13,15H2,1-3H3,(H,24,27). The second kappa shape index (κ2) is 12.4. The summed E-state index contributed by atoms with van der Waals surface area (Å²) < 4.78 is 21.0. The van der Waals surface area contributed by atoms with Crippen LogP contribution in [-0.2, 0) is 27.3 Å². The quantitative estimate of drug-likeness (QED) is 0.527. The lowest BCUT2D eigenvalue weighted by Crippen LogP contribution is -2.48. The van der Waals surface area contributed by atoms with E-state index in [4.69, 9.17) is 14.2 Å². The van der Waals surface area contributed by atoms with Crippen molar-refractivity contribution in [1.82, 2.24) is 5.32 Å². The van der Waals surface area contributed by atoms with Gasteiger partial charge in [-0.2, -0.15) is 0 Å². The molecule has 0 radical (unpaired) electrons. The lowest BCUT2D eigenvalue weighted by molar-refractivity contribution is -0.151. The highest BCUT2D eigenvalue weighted by molar-refractivity contribution is 5.77. The lowest BCUT2D eigenvalue weighted by Gasteiger charge is -2.23. The molecule has 8 nitrogen and oxygen atoms in total. The summed E-state index contributed by atoms with van der Waals surface area (Å²) in [6.07, 6.45) is -2.19. The monoisotopic (exact) mass is 431 g/mol. The first-order valence-corrected chi connectivity index (χ1v) is 10.1. The number of ether oxygens (including phenoxy) is 4. The predicted molar refractivity (Wildman–Crippen MR) is 114 cm³/mol. The van der Waals surface area contributed by atoms with Crippen molar-refractivity contribution in [2.24, 2.45) is 0 Å². The molecule has 0 spiro atoms. The first-order chi connectivity index (χ1) is 15.0. The average molecular weight is 431 g/mol. The van der Waals surface area contributed by atoms with Crippen molar-refractivity contribution in [3.63, 3.8) is 0 Å². The molecule has 0 saturated carbocycles. The number of aliphatic hydroxyl groups excluding tert-OH is 1. The van der Waals surface area contributed by atoms with E-state index in [9.17, 15) is 14.7 Å². The van der Waals surface area contributed by atoms with Gasteiger partial charge in [-0.3, -0.25) is 0 Å². The Morgan fingerprint density at radius 3 is 2.29 bits per heavy atom. The van der Waals surface area contributed by atoms with Crippen LogP contribution in [0.2, 0.25) is 0 Å². The van der Waals surface area contributed by atoms with Crippen molar-refractivity contribution >= 4 is 12.1 Å². The Morgan fingerprint density at radius 2 is 1.65 bits per heavy atom. The highest BCUT2D eigenvalue weighted by Gasteiger charge is 2.29. The number of carbonyl (C=O) groups is 2. The van der Waals surface area contributed by atoms with Crippen LogP contribution >= 0.6 is 0 Å². The van der Waals surface area contributed by atoms with Crippen molar-refractivity contribution < 1.29 is 33.6 Å². The second-order valence-corrected chi connectivity index (χ2v) is 6.63. The third kappa shape index (κ3) is 7.49. The fourth-order valence-corrected chi connectivity index (χ4v) is 2.92. The molecular formula is C23H29NO7. The zero-order valence-corrected chi connectivity index (χ0v) is 18.0. The number of hydrogen-bond donors (Lipinski definition) is 2. The summed E-state index contributed by atoms with van der Waals surface area (Å²) in [5.74, 6) is 0.275. The Labute approximate surface area is 182 Å². The number of aliphatic hydroxyl groups is 1. The molecule has 0 aliphatic heterocycles. The third-order valence-electron chi connectivity index (χ3n) is 4.40. The van der Waals surface area contributed by atoms with Gasteiger partial charge in [0.1, 0.15) is 6.61 Å². The van der Waals surface area contributed by atoms with E-state index in [2.05, 4.69) is 10.1 Å². The van der Waals surface area contributed by atoms with Gasteiger partial charge in [-0.25, -0.2) is 9.59 Å². The molecule has 2 aromatic carbocycles. The zero-order valence-electron chi connectivity index (χ0n) is 18.0. The smallest absolute Gasteiger partial charge is 0.407 e. The maximum absolute atomic E-state index is 12.3. The number of esters is 1. The molecule has 0 heterocycles. The molecule has 2 unspecified atom stereocenters. The van der Waals surface area contributed by atoms with Gasteiger partial charge >= 0.3 is 12.1 Å². The molecule has 0 aromatic heterocycles. The number of benzene rings is 2. The van der Waals surface area contributed by atoms with E-state index in [1.807, 2.05) is 44.2 Å². The van der Waals surface area contributed by atoms with Crippen molar-refractivity contribution in [3.05, 3.63) is 59.7 Å². The minimum atomic E-state index is -1.57. The maximum Gasteiger partial charge on any atom is 0.407 e. The van der Waals surface area contributed by atoms with Crippen LogP contribution in [0.5, 0.6) is 11.5 Å². The molecule has 0 bridgehead atoms. The molecule has 31 heavy (non-hydrogen) atoms. The van der Waals surface area contributed by atoms with Gasteiger partial charge in [-0.05, 0) is 43.5 Å². The van der Waals surface area contributed by atoms with E-state index in [1.165, 1.54) is 7.11 Å². The Balaban J connectivity index is 2.13. The highest BCUT2D eigenvalue weighted by Crippen LogP contribution is 2.29. The number of hydrogen-bond acceptors (Lipinski definition) is 7. The molecule has 2 N–H and O–H groups in total. The van der Waals surface area contributed by atoms with Crippen LogP contribution in [-0.4, -0.2) is 49.6 Å². The normalized spacial score (nSPS) is 12.4. The molecule has 2 atom stereocenters.